The quantitative estimate of drug-likeness (QED) is 0.811. The molecule has 1 aromatic heterocycles. The van der Waals surface area contributed by atoms with Crippen molar-refractivity contribution in [2.24, 2.45) is 0 Å². The summed E-state index contributed by atoms with van der Waals surface area (Å²) in [4.78, 5) is 4.10. The zero-order chi connectivity index (χ0) is 9.90. The minimum Gasteiger partial charge on any atom is -0.394 e. The van der Waals surface area contributed by atoms with Crippen LogP contribution in [-0.4, -0.2) is 22.2 Å². The van der Waals surface area contributed by atoms with Crippen LogP contribution in [0.1, 0.15) is 18.9 Å². The zero-order valence-corrected chi connectivity index (χ0v) is 9.24. The Morgan fingerprint density at radius 3 is 2.85 bits per heavy atom. The van der Waals surface area contributed by atoms with E-state index in [0.29, 0.717) is 10.9 Å². The first-order chi connectivity index (χ1) is 6.03. The van der Waals surface area contributed by atoms with Gasteiger partial charge in [0.25, 0.3) is 0 Å². The largest absolute Gasteiger partial charge is 0.394 e. The summed E-state index contributed by atoms with van der Waals surface area (Å²) in [5, 5.41) is 13.1. The Morgan fingerprint density at radius 1 is 1.69 bits per heavy atom. The second-order valence-corrected chi connectivity index (χ2v) is 5.20. The molecular formula is C8H13ClN2OS. The normalized spacial score (nSPS) is 12.0. The fraction of sp³-hybridized carbons (Fsp3) is 0.625. The van der Waals surface area contributed by atoms with E-state index >= 15 is 0 Å². The summed E-state index contributed by atoms with van der Waals surface area (Å²) < 4.78 is 0.693. The molecule has 1 rings (SSSR count). The Bertz CT molecular complexity index is 275. The molecule has 0 spiro atoms. The molecule has 1 aromatic rings. The van der Waals surface area contributed by atoms with E-state index in [1.807, 2.05) is 13.8 Å². The number of halogens is 1. The van der Waals surface area contributed by atoms with Crippen molar-refractivity contribution in [3.8, 4) is 0 Å². The summed E-state index contributed by atoms with van der Waals surface area (Å²) in [6.45, 7) is 4.61. The van der Waals surface area contributed by atoms with Crippen molar-refractivity contribution in [3.05, 3.63) is 15.5 Å². The van der Waals surface area contributed by atoms with E-state index in [1.54, 1.807) is 6.20 Å². The standard InChI is InChI=1S/C8H13ClN2OS/c1-8(2,5-12)11-4-7-10-3-6(9)13-7/h3,11-12H,4-5H2,1-2H3. The van der Waals surface area contributed by atoms with Gasteiger partial charge in [-0.1, -0.05) is 11.6 Å². The van der Waals surface area contributed by atoms with Crippen LogP contribution in [0, 0.1) is 0 Å². The van der Waals surface area contributed by atoms with Crippen LogP contribution >= 0.6 is 22.9 Å². The molecule has 0 atom stereocenters. The molecule has 0 fully saturated rings. The van der Waals surface area contributed by atoms with Crippen molar-refractivity contribution < 1.29 is 5.11 Å². The van der Waals surface area contributed by atoms with Crippen LogP contribution in [0.2, 0.25) is 4.34 Å². The van der Waals surface area contributed by atoms with Gasteiger partial charge in [0.1, 0.15) is 9.34 Å². The first kappa shape index (κ1) is 10.9. The number of aliphatic hydroxyl groups is 1. The number of thiazole rings is 1. The molecule has 0 aliphatic heterocycles. The summed E-state index contributed by atoms with van der Waals surface area (Å²) in [7, 11) is 0. The van der Waals surface area contributed by atoms with Gasteiger partial charge in [-0.3, -0.25) is 0 Å². The molecule has 0 unspecified atom stereocenters. The Kier molecular flexibility index (Phi) is 3.67. The van der Waals surface area contributed by atoms with Gasteiger partial charge in [-0.2, -0.15) is 0 Å². The van der Waals surface area contributed by atoms with E-state index in [0.717, 1.165) is 5.01 Å². The van der Waals surface area contributed by atoms with Crippen LogP contribution in [0.4, 0.5) is 0 Å². The minimum atomic E-state index is -0.266. The van der Waals surface area contributed by atoms with Gasteiger partial charge in [0, 0.05) is 12.1 Å². The van der Waals surface area contributed by atoms with Crippen molar-refractivity contribution >= 4 is 22.9 Å². The summed E-state index contributed by atoms with van der Waals surface area (Å²) in [6.07, 6.45) is 1.63. The molecule has 3 nitrogen and oxygen atoms in total. The molecule has 0 saturated heterocycles. The predicted molar refractivity (Wildman–Crippen MR) is 55.1 cm³/mol. The molecular weight excluding hydrogens is 208 g/mol. The van der Waals surface area contributed by atoms with E-state index in [4.69, 9.17) is 16.7 Å². The van der Waals surface area contributed by atoms with Crippen LogP contribution in [-0.2, 0) is 6.54 Å². The van der Waals surface area contributed by atoms with Crippen molar-refractivity contribution in [2.75, 3.05) is 6.61 Å². The SMILES string of the molecule is CC(C)(CO)NCc1ncc(Cl)s1. The molecule has 5 heteroatoms. The topological polar surface area (TPSA) is 45.1 Å². The molecule has 0 saturated carbocycles. The fourth-order valence-corrected chi connectivity index (χ4v) is 1.64. The van der Waals surface area contributed by atoms with Crippen LogP contribution in [0.25, 0.3) is 0 Å². The van der Waals surface area contributed by atoms with Gasteiger partial charge in [0.2, 0.25) is 0 Å². The minimum absolute atomic E-state index is 0.103. The molecule has 0 amide bonds. The van der Waals surface area contributed by atoms with Crippen LogP contribution in [0.3, 0.4) is 0 Å². The highest BCUT2D eigenvalue weighted by Crippen LogP contribution is 2.18. The lowest BCUT2D eigenvalue weighted by molar-refractivity contribution is 0.187. The highest BCUT2D eigenvalue weighted by molar-refractivity contribution is 7.15. The lowest BCUT2D eigenvalue weighted by atomic mass is 10.1. The average molecular weight is 221 g/mol. The Hall–Kier alpha value is -0.160. The van der Waals surface area contributed by atoms with Gasteiger partial charge >= 0.3 is 0 Å². The maximum atomic E-state index is 8.97. The number of hydrogen-bond acceptors (Lipinski definition) is 4. The first-order valence-corrected chi connectivity index (χ1v) is 5.19. The van der Waals surface area contributed by atoms with Gasteiger partial charge in [0.05, 0.1) is 12.8 Å². The van der Waals surface area contributed by atoms with Gasteiger partial charge in [-0.05, 0) is 13.8 Å². The highest BCUT2D eigenvalue weighted by atomic mass is 35.5. The lowest BCUT2D eigenvalue weighted by Crippen LogP contribution is -2.42. The number of rotatable bonds is 4. The summed E-state index contributed by atoms with van der Waals surface area (Å²) >= 11 is 7.17. The molecule has 0 aliphatic carbocycles. The lowest BCUT2D eigenvalue weighted by Gasteiger charge is -2.22. The second-order valence-electron chi connectivity index (χ2n) is 3.45. The van der Waals surface area contributed by atoms with Gasteiger partial charge in [0.15, 0.2) is 0 Å². The smallest absolute Gasteiger partial charge is 0.113 e. The summed E-state index contributed by atoms with van der Waals surface area (Å²) in [5.41, 5.74) is -0.266. The Balaban J connectivity index is 2.43. The number of nitrogens with one attached hydrogen (secondary N) is 1. The first-order valence-electron chi connectivity index (χ1n) is 3.99. The van der Waals surface area contributed by atoms with Crippen LogP contribution < -0.4 is 5.32 Å². The van der Waals surface area contributed by atoms with Crippen LogP contribution in [0.5, 0.6) is 0 Å². The molecule has 74 valence electrons. The third-order valence-corrected chi connectivity index (χ3v) is 2.75. The van der Waals surface area contributed by atoms with E-state index in [1.165, 1.54) is 11.3 Å². The Labute approximate surface area is 86.8 Å². The number of aliphatic hydroxyl groups excluding tert-OH is 1. The molecule has 13 heavy (non-hydrogen) atoms. The number of nitrogens with zero attached hydrogens (tertiary/aromatic N) is 1. The second kappa shape index (κ2) is 4.37. The van der Waals surface area contributed by atoms with E-state index in [9.17, 15) is 0 Å². The van der Waals surface area contributed by atoms with Crippen molar-refractivity contribution in [2.45, 2.75) is 25.9 Å². The predicted octanol–water partition coefficient (Wildman–Crippen LogP) is 1.66. The Morgan fingerprint density at radius 2 is 2.38 bits per heavy atom. The van der Waals surface area contributed by atoms with Crippen molar-refractivity contribution in [1.82, 2.24) is 10.3 Å². The third kappa shape index (κ3) is 3.60. The van der Waals surface area contributed by atoms with Gasteiger partial charge < -0.3 is 10.4 Å². The van der Waals surface area contributed by atoms with Gasteiger partial charge in [-0.25, -0.2) is 4.98 Å². The van der Waals surface area contributed by atoms with Crippen molar-refractivity contribution in [1.29, 1.82) is 0 Å². The molecule has 0 aromatic carbocycles. The highest BCUT2D eigenvalue weighted by Gasteiger charge is 2.15. The zero-order valence-electron chi connectivity index (χ0n) is 7.67. The molecule has 0 aliphatic rings. The molecule has 0 radical (unpaired) electrons. The van der Waals surface area contributed by atoms with Crippen molar-refractivity contribution in [3.63, 3.8) is 0 Å². The van der Waals surface area contributed by atoms with Crippen LogP contribution in [0.15, 0.2) is 6.20 Å². The molecule has 0 bridgehead atoms. The van der Waals surface area contributed by atoms with E-state index in [2.05, 4.69) is 10.3 Å². The average Bonchev–Trinajstić information content (AvgIpc) is 2.48. The third-order valence-electron chi connectivity index (χ3n) is 1.64. The fourth-order valence-electron chi connectivity index (χ4n) is 0.741. The summed E-state index contributed by atoms with van der Waals surface area (Å²) in [5.74, 6) is 0. The van der Waals surface area contributed by atoms with Gasteiger partial charge in [-0.15, -0.1) is 11.3 Å². The summed E-state index contributed by atoms with van der Waals surface area (Å²) in [6, 6.07) is 0. The van der Waals surface area contributed by atoms with E-state index in [-0.39, 0.29) is 12.1 Å². The van der Waals surface area contributed by atoms with E-state index < -0.39 is 0 Å². The maximum absolute atomic E-state index is 8.97. The number of aromatic nitrogens is 1. The maximum Gasteiger partial charge on any atom is 0.113 e. The molecule has 2 N–H and O–H groups in total. The number of hydrogen-bond donors (Lipinski definition) is 2. The monoisotopic (exact) mass is 220 g/mol. The molecule has 1 heterocycles.